The van der Waals surface area contributed by atoms with Gasteiger partial charge in [-0.3, -0.25) is 0 Å². The molecule has 0 amide bonds. The fraction of sp³-hybridized carbons (Fsp3) is 0.398. The molecule has 4 nitrogen and oxygen atoms in total. The zero-order valence-corrected chi connectivity index (χ0v) is 56.9. The molecular weight excluding hydrogens is 1070 g/mol. The number of nitrogens with zero attached hydrogens (tertiary/aromatic N) is 3. The fourth-order valence-electron chi connectivity index (χ4n) is 15.2. The third-order valence-corrected chi connectivity index (χ3v) is 21.3. The number of benzene rings is 8. The highest BCUT2D eigenvalue weighted by Gasteiger charge is 2.50. The highest BCUT2D eigenvalue weighted by molar-refractivity contribution is 6.95. The summed E-state index contributed by atoms with van der Waals surface area (Å²) in [6.07, 6.45) is 4.56. The Labute approximate surface area is 528 Å². The largest absolute Gasteiger partial charge is 0.441 e. The third-order valence-electron chi connectivity index (χ3n) is 21.3. The third kappa shape index (κ3) is 10.0. The van der Waals surface area contributed by atoms with Crippen molar-refractivity contribution in [2.45, 2.75) is 214 Å². The van der Waals surface area contributed by atoms with Crippen LogP contribution >= 0.6 is 0 Å². The maximum Gasteiger partial charge on any atom is 0.337 e. The van der Waals surface area contributed by atoms with Crippen molar-refractivity contribution in [1.82, 2.24) is 0 Å². The number of anilines is 7. The van der Waals surface area contributed by atoms with E-state index in [1.807, 2.05) is 0 Å². The Kier molecular flexibility index (Phi) is 13.7. The molecule has 0 atom stereocenters. The van der Waals surface area contributed by atoms with Crippen molar-refractivity contribution in [3.05, 3.63) is 208 Å². The topological polar surface area (TPSA) is 22.9 Å². The molecule has 1 aromatic heterocycles. The van der Waals surface area contributed by atoms with Gasteiger partial charge in [-0.1, -0.05) is 223 Å². The van der Waals surface area contributed by atoms with Gasteiger partial charge in [0, 0.05) is 50.5 Å². The molecule has 0 fully saturated rings. The average molecular weight is 1160 g/mol. The molecule has 0 spiro atoms. The average Bonchev–Trinajstić information content (AvgIpc) is 1.25. The summed E-state index contributed by atoms with van der Waals surface area (Å²) < 4.78 is 7.83. The van der Waals surface area contributed by atoms with Crippen molar-refractivity contribution in [3.8, 4) is 22.3 Å². The Bertz CT molecular complexity index is 4160. The van der Waals surface area contributed by atoms with E-state index in [0.29, 0.717) is 6.54 Å². The minimum Gasteiger partial charge on any atom is -0.441 e. The van der Waals surface area contributed by atoms with E-state index >= 15 is 0 Å². The van der Waals surface area contributed by atoms with E-state index in [9.17, 15) is 0 Å². The molecule has 8 aromatic carbocycles. The number of hydrogen-bond donors (Lipinski definition) is 0. The van der Waals surface area contributed by atoms with Crippen molar-refractivity contribution in [1.29, 1.82) is 0 Å². The highest BCUT2D eigenvalue weighted by Crippen LogP contribution is 2.55. The number of fused-ring (bicyclic) bond motifs is 8. The van der Waals surface area contributed by atoms with Gasteiger partial charge in [-0.2, -0.15) is 0 Å². The lowest BCUT2D eigenvalue weighted by molar-refractivity contribution is 0.332. The molecular formula is C83H96BN3O. The Morgan fingerprint density at radius 2 is 0.920 bits per heavy atom. The first-order valence-electron chi connectivity index (χ1n) is 33.0. The summed E-state index contributed by atoms with van der Waals surface area (Å²) in [5.41, 5.74) is 27.7. The van der Waals surface area contributed by atoms with Gasteiger partial charge < -0.3 is 19.0 Å². The minimum atomic E-state index is -0.233. The molecule has 5 heteroatoms. The van der Waals surface area contributed by atoms with E-state index in [2.05, 4.69) is 311 Å². The number of furan rings is 1. The Morgan fingerprint density at radius 3 is 1.48 bits per heavy atom. The molecule has 0 N–H and O–H groups in total. The molecule has 4 aliphatic rings. The first-order chi connectivity index (χ1) is 41.1. The molecule has 13 rings (SSSR count). The number of rotatable bonds is 7. The first-order valence-corrected chi connectivity index (χ1v) is 33.0. The predicted molar refractivity (Wildman–Crippen MR) is 379 cm³/mol. The van der Waals surface area contributed by atoms with E-state index in [-0.39, 0.29) is 50.2 Å². The van der Waals surface area contributed by atoms with Gasteiger partial charge in [-0.05, 0) is 214 Å². The zero-order valence-electron chi connectivity index (χ0n) is 56.9. The lowest BCUT2D eigenvalue weighted by Crippen LogP contribution is -2.62. The molecule has 9 aromatic rings. The smallest absolute Gasteiger partial charge is 0.337 e. The van der Waals surface area contributed by atoms with Crippen LogP contribution in [-0.2, 0) is 49.9 Å². The van der Waals surface area contributed by atoms with Crippen LogP contribution in [0.2, 0.25) is 0 Å². The standard InChI is InChI=1S/C83H96BN3O/c1-76(2,3)54-28-32-58(33-29-54)86(59-34-30-55(31-35-59)77(4,5)6)60-37-39-70-63(47-60)64-45-57(79(10,11)12)46-71-73(64)84(87(70)61-36-38-66-67(48-61)81(15,16)41-40-80(66,13)14)74-65-49-68-69(83(19,20)43-42-82(68,17)18)50-72(65)88-75(74)85(71)51-53-26-27-56(78(7,8)9)44-62(53)52-24-22-21-23-25-52/h21-39,44-50H,40-43,51H2,1-20H3. The lowest BCUT2D eigenvalue weighted by Gasteiger charge is -2.46. The Balaban J connectivity index is 1.15. The predicted octanol–water partition coefficient (Wildman–Crippen LogP) is 22.0. The van der Waals surface area contributed by atoms with Crippen molar-refractivity contribution in [2.24, 2.45) is 0 Å². The normalized spacial score (nSPS) is 17.2. The van der Waals surface area contributed by atoms with Crippen LogP contribution in [0, 0.1) is 0 Å². The summed E-state index contributed by atoms with van der Waals surface area (Å²) in [4.78, 5) is 7.86. The van der Waals surface area contributed by atoms with Gasteiger partial charge in [-0.25, -0.2) is 0 Å². The van der Waals surface area contributed by atoms with E-state index in [1.54, 1.807) is 0 Å². The minimum absolute atomic E-state index is 0.00245. The van der Waals surface area contributed by atoms with Crippen LogP contribution in [0.3, 0.4) is 0 Å². The molecule has 452 valence electrons. The second-order valence-corrected chi connectivity index (χ2v) is 33.7. The van der Waals surface area contributed by atoms with Crippen LogP contribution in [0.5, 0.6) is 0 Å². The van der Waals surface area contributed by atoms with Crippen LogP contribution in [-0.4, -0.2) is 6.85 Å². The highest BCUT2D eigenvalue weighted by atomic mass is 16.4. The molecule has 0 radical (unpaired) electrons. The molecule has 2 aliphatic heterocycles. The van der Waals surface area contributed by atoms with Crippen molar-refractivity contribution >= 4 is 68.8 Å². The summed E-state index contributed by atoms with van der Waals surface area (Å²) in [7, 11) is 0. The summed E-state index contributed by atoms with van der Waals surface area (Å²) in [5, 5.41) is 1.21. The SMILES string of the molecule is CC(C)(C)c1ccc(N(c2ccc(C(C)(C)C)cc2)c2ccc3c(c2)-c2cc(C(C)(C)C)cc4c2B(c2c(oc5cc6c(cc25)C(C)(C)CCC6(C)C)N4Cc2ccc(C(C)(C)C)cc2-c2ccccc2)N3c2ccc3c(c2)C(C)(C)CCC3(C)C)cc1. The fourth-order valence-corrected chi connectivity index (χ4v) is 15.2. The maximum atomic E-state index is 7.83. The van der Waals surface area contributed by atoms with Gasteiger partial charge in [0.05, 0.1) is 6.54 Å². The molecule has 0 saturated heterocycles. The molecule has 3 heterocycles. The van der Waals surface area contributed by atoms with E-state index in [4.69, 9.17) is 4.42 Å². The molecule has 88 heavy (non-hydrogen) atoms. The van der Waals surface area contributed by atoms with Crippen molar-refractivity contribution in [3.63, 3.8) is 0 Å². The van der Waals surface area contributed by atoms with Gasteiger partial charge >= 0.3 is 6.85 Å². The van der Waals surface area contributed by atoms with Gasteiger partial charge in [-0.15, -0.1) is 0 Å². The molecule has 0 bridgehead atoms. The monoisotopic (exact) mass is 1160 g/mol. The summed E-state index contributed by atoms with van der Waals surface area (Å²) in [5.74, 6) is 0.939. The first kappa shape index (κ1) is 59.7. The van der Waals surface area contributed by atoms with Crippen LogP contribution in [0.1, 0.15) is 214 Å². The van der Waals surface area contributed by atoms with Crippen LogP contribution in [0.4, 0.5) is 40.0 Å². The summed E-state index contributed by atoms with van der Waals surface area (Å²) in [6, 6.07) is 62.2. The van der Waals surface area contributed by atoms with Crippen LogP contribution in [0.25, 0.3) is 33.2 Å². The number of hydrogen-bond acceptors (Lipinski definition) is 4. The second kappa shape index (κ2) is 20.1. The molecule has 2 aliphatic carbocycles. The van der Waals surface area contributed by atoms with Crippen LogP contribution < -0.4 is 25.5 Å². The quantitative estimate of drug-likeness (QED) is 0.148. The van der Waals surface area contributed by atoms with Gasteiger partial charge in [0.1, 0.15) is 5.58 Å². The summed E-state index contributed by atoms with van der Waals surface area (Å²) in [6.45, 7) is 48.1. The van der Waals surface area contributed by atoms with E-state index < -0.39 is 0 Å². The second-order valence-electron chi connectivity index (χ2n) is 33.7. The summed E-state index contributed by atoms with van der Waals surface area (Å²) >= 11 is 0. The zero-order chi connectivity index (χ0) is 62.8. The Hall–Kier alpha value is -7.24. The van der Waals surface area contributed by atoms with Gasteiger partial charge in [0.15, 0.2) is 5.88 Å². The lowest BCUT2D eigenvalue weighted by atomic mass is 9.43. The molecule has 0 unspecified atom stereocenters. The van der Waals surface area contributed by atoms with E-state index in [0.717, 1.165) is 54.2 Å². The Morgan fingerprint density at radius 1 is 0.420 bits per heavy atom. The van der Waals surface area contributed by atoms with Crippen molar-refractivity contribution < 1.29 is 4.42 Å². The molecule has 0 saturated carbocycles. The van der Waals surface area contributed by atoms with Crippen molar-refractivity contribution in [2.75, 3.05) is 14.6 Å². The van der Waals surface area contributed by atoms with Crippen LogP contribution in [0.15, 0.2) is 162 Å². The maximum absolute atomic E-state index is 7.83. The van der Waals surface area contributed by atoms with Gasteiger partial charge in [0.2, 0.25) is 0 Å². The van der Waals surface area contributed by atoms with E-state index in [1.165, 1.54) is 106 Å². The van der Waals surface area contributed by atoms with Gasteiger partial charge in [0.25, 0.3) is 0 Å².